The summed E-state index contributed by atoms with van der Waals surface area (Å²) in [4.78, 5) is 23.8. The van der Waals surface area contributed by atoms with Crippen LogP contribution >= 0.6 is 0 Å². The Bertz CT molecular complexity index is 327. The first-order chi connectivity index (χ1) is 10.9. The van der Waals surface area contributed by atoms with Gasteiger partial charge in [-0.05, 0) is 32.1 Å². The van der Waals surface area contributed by atoms with Crippen molar-refractivity contribution in [3.63, 3.8) is 0 Å². The first kappa shape index (κ1) is 22.1. The van der Waals surface area contributed by atoms with E-state index >= 15 is 0 Å². The van der Waals surface area contributed by atoms with E-state index in [0.29, 0.717) is 38.6 Å². The third-order valence-electron chi connectivity index (χ3n) is 3.68. The van der Waals surface area contributed by atoms with Gasteiger partial charge in [0.2, 0.25) is 0 Å². The van der Waals surface area contributed by atoms with Crippen LogP contribution in [0.3, 0.4) is 0 Å². The molecule has 0 saturated heterocycles. The molecule has 2 unspecified atom stereocenters. The molecule has 0 aromatic rings. The molecule has 0 aliphatic rings. The molecule has 136 valence electrons. The van der Waals surface area contributed by atoms with Crippen LogP contribution in [0.25, 0.3) is 0 Å². The number of carbonyl (C=O) groups excluding carboxylic acids is 2. The van der Waals surface area contributed by atoms with E-state index in [9.17, 15) is 14.7 Å². The average molecular weight is 330 g/mol. The minimum Gasteiger partial charge on any atom is -0.466 e. The molecule has 0 radical (unpaired) electrons. The van der Waals surface area contributed by atoms with Gasteiger partial charge in [0.1, 0.15) is 5.78 Å². The first-order valence-corrected chi connectivity index (χ1v) is 8.83. The number of hydrogen-bond donors (Lipinski definition) is 1. The van der Waals surface area contributed by atoms with Crippen molar-refractivity contribution in [1.82, 2.24) is 0 Å². The number of Topliss-reactive ketones (excluding diaryl/α,β-unsaturated/α-hetero) is 1. The standard InChI is InChI=1S/C18H34O5/c1-5-10-22-11-9-17(20)15(13-18(21)23-6-2)12-16(19)8-7-14(3)4/h14-15,17,20H,5-13H2,1-4H3. The molecule has 1 N–H and O–H groups in total. The van der Waals surface area contributed by atoms with Crippen LogP contribution in [0, 0.1) is 11.8 Å². The Balaban J connectivity index is 4.47. The molecule has 0 aromatic carbocycles. The van der Waals surface area contributed by atoms with Crippen LogP contribution in [0.2, 0.25) is 0 Å². The fourth-order valence-electron chi connectivity index (χ4n) is 2.31. The van der Waals surface area contributed by atoms with Gasteiger partial charge in [0.25, 0.3) is 0 Å². The molecule has 0 aromatic heterocycles. The van der Waals surface area contributed by atoms with Crippen molar-refractivity contribution in [2.24, 2.45) is 11.8 Å². The normalized spacial score (nSPS) is 13.8. The predicted octanol–water partition coefficient (Wildman–Crippen LogP) is 3.13. The highest BCUT2D eigenvalue weighted by molar-refractivity contribution is 5.79. The molecule has 23 heavy (non-hydrogen) atoms. The van der Waals surface area contributed by atoms with Gasteiger partial charge < -0.3 is 14.6 Å². The Morgan fingerprint density at radius 3 is 2.30 bits per heavy atom. The molecule has 0 aliphatic carbocycles. The summed E-state index contributed by atoms with van der Waals surface area (Å²) in [6.07, 6.45) is 2.27. The number of hydrogen-bond acceptors (Lipinski definition) is 5. The zero-order valence-corrected chi connectivity index (χ0v) is 15.2. The Hall–Kier alpha value is -0.940. The third kappa shape index (κ3) is 12.2. The highest BCUT2D eigenvalue weighted by Crippen LogP contribution is 2.20. The lowest BCUT2D eigenvalue weighted by Gasteiger charge is -2.22. The van der Waals surface area contributed by atoms with E-state index in [-0.39, 0.29) is 30.5 Å². The van der Waals surface area contributed by atoms with E-state index in [1.54, 1.807) is 6.92 Å². The highest BCUT2D eigenvalue weighted by Gasteiger charge is 2.25. The van der Waals surface area contributed by atoms with Gasteiger partial charge in [-0.15, -0.1) is 0 Å². The lowest BCUT2D eigenvalue weighted by Crippen LogP contribution is -2.28. The van der Waals surface area contributed by atoms with E-state index < -0.39 is 6.10 Å². The summed E-state index contributed by atoms with van der Waals surface area (Å²) in [5.74, 6) is -0.182. The Kier molecular flexibility index (Phi) is 12.9. The van der Waals surface area contributed by atoms with Crippen LogP contribution in [-0.4, -0.2) is 42.8 Å². The monoisotopic (exact) mass is 330 g/mol. The molecule has 5 heteroatoms. The van der Waals surface area contributed by atoms with Gasteiger partial charge in [0.15, 0.2) is 0 Å². The Labute approximate surface area is 140 Å². The van der Waals surface area contributed by atoms with Crippen molar-refractivity contribution < 1.29 is 24.2 Å². The molecule has 0 fully saturated rings. The second-order valence-corrected chi connectivity index (χ2v) is 6.41. The van der Waals surface area contributed by atoms with Gasteiger partial charge >= 0.3 is 5.97 Å². The molecular formula is C18H34O5. The van der Waals surface area contributed by atoms with E-state index in [4.69, 9.17) is 9.47 Å². The molecule has 0 saturated carbocycles. The quantitative estimate of drug-likeness (QED) is 0.391. The van der Waals surface area contributed by atoms with Crippen LogP contribution in [0.4, 0.5) is 0 Å². The van der Waals surface area contributed by atoms with E-state index in [1.165, 1.54) is 0 Å². The summed E-state index contributed by atoms with van der Waals surface area (Å²) in [6, 6.07) is 0. The third-order valence-corrected chi connectivity index (χ3v) is 3.68. The maximum atomic E-state index is 12.1. The molecular weight excluding hydrogens is 296 g/mol. The van der Waals surface area contributed by atoms with Crippen molar-refractivity contribution in [1.29, 1.82) is 0 Å². The number of aliphatic hydroxyl groups is 1. The van der Waals surface area contributed by atoms with E-state index in [0.717, 1.165) is 12.8 Å². The number of aliphatic hydroxyl groups excluding tert-OH is 1. The molecule has 0 bridgehead atoms. The second-order valence-electron chi connectivity index (χ2n) is 6.41. The summed E-state index contributed by atoms with van der Waals surface area (Å²) in [6.45, 7) is 9.31. The largest absolute Gasteiger partial charge is 0.466 e. The minimum atomic E-state index is -0.723. The van der Waals surface area contributed by atoms with Crippen molar-refractivity contribution in [2.45, 2.75) is 72.3 Å². The molecule has 5 nitrogen and oxygen atoms in total. The zero-order valence-electron chi connectivity index (χ0n) is 15.2. The maximum absolute atomic E-state index is 12.1. The van der Waals surface area contributed by atoms with Gasteiger partial charge in [-0.3, -0.25) is 9.59 Å². The summed E-state index contributed by atoms with van der Waals surface area (Å²) in [7, 11) is 0. The number of carbonyl (C=O) groups is 2. The first-order valence-electron chi connectivity index (χ1n) is 8.83. The van der Waals surface area contributed by atoms with E-state index in [2.05, 4.69) is 13.8 Å². The molecule has 0 rings (SSSR count). The Morgan fingerprint density at radius 2 is 1.74 bits per heavy atom. The SMILES string of the molecule is CCCOCCC(O)C(CC(=O)CCC(C)C)CC(=O)OCC. The lowest BCUT2D eigenvalue weighted by atomic mass is 9.89. The Morgan fingerprint density at radius 1 is 1.04 bits per heavy atom. The van der Waals surface area contributed by atoms with Crippen molar-refractivity contribution in [3.8, 4) is 0 Å². The summed E-state index contributed by atoms with van der Waals surface area (Å²) >= 11 is 0. The van der Waals surface area contributed by atoms with Crippen molar-refractivity contribution in [2.75, 3.05) is 19.8 Å². The highest BCUT2D eigenvalue weighted by atomic mass is 16.5. The van der Waals surface area contributed by atoms with Crippen LogP contribution < -0.4 is 0 Å². The molecule has 0 amide bonds. The van der Waals surface area contributed by atoms with E-state index in [1.807, 2.05) is 6.92 Å². The maximum Gasteiger partial charge on any atom is 0.306 e. The summed E-state index contributed by atoms with van der Waals surface area (Å²) in [5.41, 5.74) is 0. The smallest absolute Gasteiger partial charge is 0.306 e. The van der Waals surface area contributed by atoms with Crippen LogP contribution in [0.1, 0.15) is 66.2 Å². The predicted molar refractivity (Wildman–Crippen MR) is 90.2 cm³/mol. The van der Waals surface area contributed by atoms with Crippen LogP contribution in [0.15, 0.2) is 0 Å². The molecule has 0 aliphatic heterocycles. The number of rotatable bonds is 14. The number of ether oxygens (including phenoxy) is 2. The second kappa shape index (κ2) is 13.5. The van der Waals surface area contributed by atoms with Gasteiger partial charge in [0.05, 0.1) is 19.1 Å². The fraction of sp³-hybridized carbons (Fsp3) is 0.889. The topological polar surface area (TPSA) is 72.8 Å². The minimum absolute atomic E-state index is 0.0796. The van der Waals surface area contributed by atoms with Gasteiger partial charge in [-0.2, -0.15) is 0 Å². The summed E-state index contributed by atoms with van der Waals surface area (Å²) < 4.78 is 10.3. The average Bonchev–Trinajstić information content (AvgIpc) is 2.49. The van der Waals surface area contributed by atoms with Crippen LogP contribution in [0.5, 0.6) is 0 Å². The summed E-state index contributed by atoms with van der Waals surface area (Å²) in [5, 5.41) is 10.3. The lowest BCUT2D eigenvalue weighted by molar-refractivity contribution is -0.145. The number of ketones is 1. The van der Waals surface area contributed by atoms with Crippen molar-refractivity contribution in [3.05, 3.63) is 0 Å². The van der Waals surface area contributed by atoms with Crippen molar-refractivity contribution >= 4 is 11.8 Å². The number of esters is 1. The van der Waals surface area contributed by atoms with Crippen LogP contribution in [-0.2, 0) is 19.1 Å². The van der Waals surface area contributed by atoms with Gasteiger partial charge in [0, 0.05) is 32.0 Å². The zero-order chi connectivity index (χ0) is 17.7. The molecule has 0 heterocycles. The molecule has 2 atom stereocenters. The van der Waals surface area contributed by atoms with Gasteiger partial charge in [-0.1, -0.05) is 20.8 Å². The molecule has 0 spiro atoms. The fourth-order valence-corrected chi connectivity index (χ4v) is 2.31. The van der Waals surface area contributed by atoms with Gasteiger partial charge in [-0.25, -0.2) is 0 Å².